The molecule has 1 heterocycles. The van der Waals surface area contributed by atoms with Crippen LogP contribution in [0.25, 0.3) is 0 Å². The molecule has 0 aliphatic heterocycles. The number of hydrogen-bond donors (Lipinski definition) is 0. The zero-order valence-corrected chi connectivity index (χ0v) is 21.1. The van der Waals surface area contributed by atoms with Crippen molar-refractivity contribution in [3.8, 4) is 5.75 Å². The summed E-state index contributed by atoms with van der Waals surface area (Å²) in [6.45, 7) is 8.33. The van der Waals surface area contributed by atoms with Crippen LogP contribution in [-0.2, 0) is 25.0 Å². The number of nitrogens with zero attached hydrogens (tertiary/aromatic N) is 2. The zero-order valence-electron chi connectivity index (χ0n) is 21.1. The van der Waals surface area contributed by atoms with Crippen molar-refractivity contribution in [2.24, 2.45) is 0 Å². The number of carbonyl (C=O) groups excluding carboxylic acids is 1. The molecule has 35 heavy (non-hydrogen) atoms. The highest BCUT2D eigenvalue weighted by molar-refractivity contribution is 5.94. The van der Waals surface area contributed by atoms with Gasteiger partial charge in [0.1, 0.15) is 5.75 Å². The van der Waals surface area contributed by atoms with Crippen LogP contribution in [0, 0.1) is 0 Å². The molecule has 0 saturated heterocycles. The van der Waals surface area contributed by atoms with Crippen LogP contribution in [0.3, 0.4) is 0 Å². The zero-order chi connectivity index (χ0) is 24.8. The molecule has 0 N–H and O–H groups in total. The highest BCUT2D eigenvalue weighted by atomic mass is 16.5. The van der Waals surface area contributed by atoms with Crippen LogP contribution < -0.4 is 4.74 Å². The Labute approximate surface area is 208 Å². The predicted molar refractivity (Wildman–Crippen MR) is 142 cm³/mol. The van der Waals surface area contributed by atoms with Gasteiger partial charge in [-0.15, -0.1) is 0 Å². The molecule has 0 spiro atoms. The van der Waals surface area contributed by atoms with Gasteiger partial charge in [-0.05, 0) is 58.5 Å². The Balaban J connectivity index is 1.59. The molecule has 0 bridgehead atoms. The quantitative estimate of drug-likeness (QED) is 0.290. The lowest BCUT2D eigenvalue weighted by Crippen LogP contribution is -2.31. The first kappa shape index (κ1) is 24.3. The van der Waals surface area contributed by atoms with E-state index in [-0.39, 0.29) is 11.3 Å². The molecule has 4 nitrogen and oxygen atoms in total. The molecule has 3 aromatic carbocycles. The van der Waals surface area contributed by atoms with Crippen LogP contribution in [0.4, 0.5) is 0 Å². The Morgan fingerprint density at radius 1 is 0.829 bits per heavy atom. The van der Waals surface area contributed by atoms with Gasteiger partial charge in [0, 0.05) is 30.5 Å². The van der Waals surface area contributed by atoms with Crippen molar-refractivity contribution in [3.05, 3.63) is 125 Å². The Kier molecular flexibility index (Phi) is 7.40. The van der Waals surface area contributed by atoms with Gasteiger partial charge < -0.3 is 14.2 Å². The number of methoxy groups -OCH3 is 1. The molecule has 0 aliphatic carbocycles. The van der Waals surface area contributed by atoms with Gasteiger partial charge >= 0.3 is 0 Å². The lowest BCUT2D eigenvalue weighted by Gasteiger charge is -2.25. The fourth-order valence-corrected chi connectivity index (χ4v) is 4.21. The van der Waals surface area contributed by atoms with Gasteiger partial charge in [-0.25, -0.2) is 0 Å². The van der Waals surface area contributed by atoms with E-state index in [4.69, 9.17) is 4.74 Å². The van der Waals surface area contributed by atoms with Crippen molar-refractivity contribution in [2.45, 2.75) is 45.8 Å². The van der Waals surface area contributed by atoms with Gasteiger partial charge in [0.15, 0.2) is 0 Å². The van der Waals surface area contributed by atoms with Crippen LogP contribution in [0.5, 0.6) is 5.75 Å². The van der Waals surface area contributed by atoms with Gasteiger partial charge in [-0.2, -0.15) is 0 Å². The molecule has 180 valence electrons. The molecule has 1 aromatic heterocycles. The average molecular weight is 467 g/mol. The van der Waals surface area contributed by atoms with Crippen molar-refractivity contribution in [3.63, 3.8) is 0 Å². The summed E-state index contributed by atoms with van der Waals surface area (Å²) in [7, 11) is 1.68. The van der Waals surface area contributed by atoms with Gasteiger partial charge in [0.25, 0.3) is 5.91 Å². The summed E-state index contributed by atoms with van der Waals surface area (Å²) in [5.41, 5.74) is 5.32. The molecule has 1 amide bonds. The van der Waals surface area contributed by atoms with E-state index in [1.165, 1.54) is 5.56 Å². The fraction of sp³-hybridized carbons (Fsp3) is 0.258. The lowest BCUT2D eigenvalue weighted by molar-refractivity contribution is 0.0726. The van der Waals surface area contributed by atoms with E-state index in [9.17, 15) is 4.79 Å². The summed E-state index contributed by atoms with van der Waals surface area (Å²) in [4.78, 5) is 15.6. The summed E-state index contributed by atoms with van der Waals surface area (Å²) >= 11 is 0. The smallest absolute Gasteiger partial charge is 0.254 e. The molecule has 0 radical (unpaired) electrons. The second kappa shape index (κ2) is 10.6. The van der Waals surface area contributed by atoms with Crippen molar-refractivity contribution in [2.75, 3.05) is 7.11 Å². The Morgan fingerprint density at radius 3 is 2.23 bits per heavy atom. The van der Waals surface area contributed by atoms with E-state index in [0.717, 1.165) is 22.6 Å². The minimum Gasteiger partial charge on any atom is -0.497 e. The second-order valence-electron chi connectivity index (χ2n) is 9.95. The molecule has 4 rings (SSSR count). The molecule has 0 saturated carbocycles. The molecular weight excluding hydrogens is 432 g/mol. The van der Waals surface area contributed by atoms with E-state index in [1.54, 1.807) is 7.11 Å². The Bertz CT molecular complexity index is 1250. The molecule has 4 aromatic rings. The number of amides is 1. The van der Waals surface area contributed by atoms with E-state index < -0.39 is 0 Å². The van der Waals surface area contributed by atoms with Crippen LogP contribution in [0.1, 0.15) is 53.5 Å². The molecule has 0 aliphatic rings. The molecule has 0 unspecified atom stereocenters. The highest BCUT2D eigenvalue weighted by Crippen LogP contribution is 2.23. The molecule has 4 heteroatoms. The average Bonchev–Trinajstić information content (AvgIpc) is 3.29. The summed E-state index contributed by atoms with van der Waals surface area (Å²) in [6, 6.07) is 30.4. The predicted octanol–water partition coefficient (Wildman–Crippen LogP) is 6.69. The van der Waals surface area contributed by atoms with Crippen molar-refractivity contribution >= 4 is 5.91 Å². The third-order valence-electron chi connectivity index (χ3n) is 6.26. The number of hydrogen-bond acceptors (Lipinski definition) is 2. The topological polar surface area (TPSA) is 34.5 Å². The maximum absolute atomic E-state index is 13.7. The van der Waals surface area contributed by atoms with Gasteiger partial charge in [0.2, 0.25) is 0 Å². The van der Waals surface area contributed by atoms with Crippen molar-refractivity contribution in [1.29, 1.82) is 0 Å². The number of carbonyl (C=O) groups is 1. The van der Waals surface area contributed by atoms with Crippen molar-refractivity contribution in [1.82, 2.24) is 9.47 Å². The van der Waals surface area contributed by atoms with Gasteiger partial charge in [-0.1, -0.05) is 75.4 Å². The third kappa shape index (κ3) is 6.21. The van der Waals surface area contributed by atoms with Gasteiger partial charge in [-0.3, -0.25) is 4.79 Å². The second-order valence-corrected chi connectivity index (χ2v) is 9.95. The summed E-state index contributed by atoms with van der Waals surface area (Å²) in [5, 5.41) is 0. The van der Waals surface area contributed by atoms with Gasteiger partial charge in [0.05, 0.1) is 13.7 Å². The van der Waals surface area contributed by atoms with Crippen LogP contribution in [-0.4, -0.2) is 22.5 Å². The van der Waals surface area contributed by atoms with Crippen molar-refractivity contribution < 1.29 is 9.53 Å². The summed E-state index contributed by atoms with van der Waals surface area (Å²) in [5.74, 6) is 0.874. The standard InChI is InChI=1S/C31H34N2O2/c1-31(2,3)27-17-15-26(16-18-27)30(34)33(21-24-10-6-5-7-11-24)23-28-13-9-19-32(28)22-25-12-8-14-29(20-25)35-4/h5-20H,21-23H2,1-4H3. The minimum absolute atomic E-state index is 0.0310. The number of aromatic nitrogens is 1. The first-order chi connectivity index (χ1) is 16.8. The Hall–Kier alpha value is -3.79. The van der Waals surface area contributed by atoms with Crippen LogP contribution in [0.15, 0.2) is 97.2 Å². The first-order valence-electron chi connectivity index (χ1n) is 12.0. The summed E-state index contributed by atoms with van der Waals surface area (Å²) < 4.78 is 7.58. The molecule has 0 fully saturated rings. The number of ether oxygens (including phenoxy) is 1. The maximum atomic E-state index is 13.7. The fourth-order valence-electron chi connectivity index (χ4n) is 4.21. The first-order valence-corrected chi connectivity index (χ1v) is 12.0. The SMILES string of the molecule is COc1cccc(Cn2cccc2CN(Cc2ccccc2)C(=O)c2ccc(C(C)(C)C)cc2)c1. The highest BCUT2D eigenvalue weighted by Gasteiger charge is 2.20. The Morgan fingerprint density at radius 2 is 1.54 bits per heavy atom. The minimum atomic E-state index is 0.0310. The van der Waals surface area contributed by atoms with E-state index in [1.807, 2.05) is 59.5 Å². The lowest BCUT2D eigenvalue weighted by atomic mass is 9.86. The molecule has 0 atom stereocenters. The maximum Gasteiger partial charge on any atom is 0.254 e. The largest absolute Gasteiger partial charge is 0.497 e. The normalized spacial score (nSPS) is 11.3. The third-order valence-corrected chi connectivity index (χ3v) is 6.26. The van der Waals surface area contributed by atoms with E-state index in [2.05, 4.69) is 67.9 Å². The van der Waals surface area contributed by atoms with E-state index >= 15 is 0 Å². The number of benzene rings is 3. The molecular formula is C31H34N2O2. The van der Waals surface area contributed by atoms with E-state index in [0.29, 0.717) is 25.2 Å². The summed E-state index contributed by atoms with van der Waals surface area (Å²) in [6.07, 6.45) is 2.07. The van der Waals surface area contributed by atoms with Crippen LogP contribution in [0.2, 0.25) is 0 Å². The van der Waals surface area contributed by atoms with Crippen LogP contribution >= 0.6 is 0 Å². The number of rotatable bonds is 8. The monoisotopic (exact) mass is 466 g/mol.